The maximum Gasteiger partial charge on any atom is 0.148 e. The number of rotatable bonds is 6. The van der Waals surface area contributed by atoms with Crippen LogP contribution in [0.1, 0.15) is 79.0 Å². The molecule has 8 aromatic carbocycles. The Balaban J connectivity index is 0.00000567. The average Bonchev–Trinajstić information content (AvgIpc) is 3.93. The van der Waals surface area contributed by atoms with Gasteiger partial charge in [-0.15, -0.1) is 23.8 Å². The predicted octanol–water partition coefficient (Wildman–Crippen LogP) is 17.2. The van der Waals surface area contributed by atoms with Gasteiger partial charge in [-0.3, -0.25) is 9.55 Å². The quantitative estimate of drug-likeness (QED) is 0.169. The topological polar surface area (TPSA) is 64.1 Å². The first-order chi connectivity index (χ1) is 33.0. The largest absolute Gasteiger partial charge is 0.507 e. The summed E-state index contributed by atoms with van der Waals surface area (Å²) in [6, 6.07) is 61.6. The molecule has 0 atom stereocenters. The van der Waals surface area contributed by atoms with Gasteiger partial charge < -0.3 is 9.52 Å². The molecule has 0 fully saturated rings. The molecule has 0 amide bonds. The minimum Gasteiger partial charge on any atom is -0.507 e. The van der Waals surface area contributed by atoms with E-state index in [1.165, 1.54) is 5.56 Å². The van der Waals surface area contributed by atoms with Gasteiger partial charge in [0.15, 0.2) is 0 Å². The Morgan fingerprint density at radius 3 is 1.90 bits per heavy atom. The molecule has 0 aliphatic carbocycles. The van der Waals surface area contributed by atoms with Crippen LogP contribution in [0.5, 0.6) is 5.75 Å². The van der Waals surface area contributed by atoms with Crippen LogP contribution in [-0.2, 0) is 37.3 Å². The number of para-hydroxylation sites is 1. The summed E-state index contributed by atoms with van der Waals surface area (Å²) >= 11 is 0. The third-order valence-electron chi connectivity index (χ3n) is 13.7. The van der Waals surface area contributed by atoms with Crippen molar-refractivity contribution in [1.82, 2.24) is 14.5 Å². The van der Waals surface area contributed by atoms with Gasteiger partial charge >= 0.3 is 0 Å². The summed E-state index contributed by atoms with van der Waals surface area (Å²) < 4.78 is 8.83. The summed E-state index contributed by atoms with van der Waals surface area (Å²) in [4.78, 5) is 10.8. The van der Waals surface area contributed by atoms with Crippen LogP contribution in [0.4, 0.5) is 0 Å². The Hall–Kier alpha value is -7.07. The van der Waals surface area contributed by atoms with E-state index in [0.29, 0.717) is 11.4 Å². The first-order valence-corrected chi connectivity index (χ1v) is 24.0. The van der Waals surface area contributed by atoms with E-state index in [9.17, 15) is 5.11 Å². The van der Waals surface area contributed by atoms with Gasteiger partial charge in [0.2, 0.25) is 0 Å². The van der Waals surface area contributed by atoms with E-state index >= 15 is 0 Å². The van der Waals surface area contributed by atoms with Crippen LogP contribution in [0.25, 0.3) is 105 Å². The first kappa shape index (κ1) is 46.6. The molecule has 0 unspecified atom stereocenters. The molecule has 0 bridgehead atoms. The van der Waals surface area contributed by atoms with Crippen LogP contribution in [0.2, 0.25) is 0 Å². The van der Waals surface area contributed by atoms with E-state index in [0.717, 1.165) is 105 Å². The number of aromatic nitrogens is 3. The standard InChI is InChI=1S/C64H56N3O2.Pt/c1-62(2,3)45-28-29-52(49(36-45)40-21-14-11-15-22-40)67-53-26-18-25-48(59(53)66-61(67)50-37-46(63(4,5)6)38-51(60(50)68)64(7,8)9)43-33-42(39-19-12-10-13-20-39)34-44(35-43)58-57-55(31-32-65-58)69-54-30-27-41-23-16-17-24-47(41)56(54)57;/h10-34,36-38,68H,1-9H3;/q-1;. The first-order valence-electron chi connectivity index (χ1n) is 24.0. The van der Waals surface area contributed by atoms with Crippen molar-refractivity contribution in [1.29, 1.82) is 0 Å². The van der Waals surface area contributed by atoms with Crippen molar-refractivity contribution in [3.63, 3.8) is 0 Å². The molecule has 3 heterocycles. The molecule has 6 heteroatoms. The van der Waals surface area contributed by atoms with Crippen LogP contribution in [0, 0.1) is 6.07 Å². The zero-order chi connectivity index (χ0) is 48.0. The Bertz CT molecular complexity index is 3790. The molecule has 0 spiro atoms. The second-order valence-electron chi connectivity index (χ2n) is 21.6. The second kappa shape index (κ2) is 17.4. The van der Waals surface area contributed by atoms with Crippen LogP contribution >= 0.6 is 0 Å². The van der Waals surface area contributed by atoms with E-state index in [1.807, 2.05) is 18.3 Å². The van der Waals surface area contributed by atoms with Crippen LogP contribution in [0.3, 0.4) is 0 Å². The fourth-order valence-electron chi connectivity index (χ4n) is 9.92. The van der Waals surface area contributed by atoms with Crippen LogP contribution in [-0.4, -0.2) is 19.6 Å². The number of imidazole rings is 1. The third-order valence-corrected chi connectivity index (χ3v) is 13.7. The molecule has 11 rings (SSSR count). The molecule has 70 heavy (non-hydrogen) atoms. The molecule has 0 radical (unpaired) electrons. The van der Waals surface area contributed by atoms with E-state index in [2.05, 4.69) is 225 Å². The van der Waals surface area contributed by atoms with Gasteiger partial charge in [-0.2, -0.15) is 0 Å². The average molecular weight is 1090 g/mol. The van der Waals surface area contributed by atoms with Gasteiger partial charge in [-0.25, -0.2) is 4.98 Å². The van der Waals surface area contributed by atoms with E-state index in [-0.39, 0.29) is 43.1 Å². The molecular formula is C64H56N3O2Pt-. The number of hydrogen-bond acceptors (Lipinski definition) is 4. The van der Waals surface area contributed by atoms with Gasteiger partial charge in [0.25, 0.3) is 0 Å². The molecular weight excluding hydrogens is 1040 g/mol. The summed E-state index contributed by atoms with van der Waals surface area (Å²) in [6.45, 7) is 19.9. The molecule has 0 aliphatic rings. The molecule has 1 N–H and O–H groups in total. The normalized spacial score (nSPS) is 12.3. The number of hydrogen-bond donors (Lipinski definition) is 1. The molecule has 3 aromatic heterocycles. The summed E-state index contributed by atoms with van der Waals surface area (Å²) in [6.07, 6.45) is 1.83. The summed E-state index contributed by atoms with van der Waals surface area (Å²) in [5.41, 5.74) is 15.2. The fraction of sp³-hybridized carbons (Fsp3) is 0.188. The van der Waals surface area contributed by atoms with Gasteiger partial charge in [0, 0.05) is 54.9 Å². The van der Waals surface area contributed by atoms with Crippen LogP contribution in [0.15, 0.2) is 174 Å². The number of pyridine rings is 1. The number of nitrogens with zero attached hydrogens (tertiary/aromatic N) is 3. The van der Waals surface area contributed by atoms with Gasteiger partial charge in [0.05, 0.1) is 22.3 Å². The predicted molar refractivity (Wildman–Crippen MR) is 287 cm³/mol. The van der Waals surface area contributed by atoms with E-state index in [1.54, 1.807) is 0 Å². The van der Waals surface area contributed by atoms with Gasteiger partial charge in [-0.05, 0) is 85.7 Å². The minimum atomic E-state index is -0.349. The van der Waals surface area contributed by atoms with Crippen molar-refractivity contribution in [3.05, 3.63) is 193 Å². The molecule has 5 nitrogen and oxygen atoms in total. The number of benzene rings is 8. The molecule has 0 saturated heterocycles. The number of fused-ring (bicyclic) bond motifs is 6. The molecule has 11 aromatic rings. The van der Waals surface area contributed by atoms with Crippen molar-refractivity contribution in [3.8, 4) is 67.5 Å². The zero-order valence-corrected chi connectivity index (χ0v) is 43.5. The Morgan fingerprint density at radius 1 is 0.529 bits per heavy atom. The molecule has 0 saturated carbocycles. The number of aromatic hydroxyl groups is 1. The van der Waals surface area contributed by atoms with Crippen LogP contribution < -0.4 is 0 Å². The molecule has 0 aliphatic heterocycles. The Labute approximate surface area is 425 Å². The summed E-state index contributed by atoms with van der Waals surface area (Å²) in [7, 11) is 0. The Kier molecular flexibility index (Phi) is 11.6. The summed E-state index contributed by atoms with van der Waals surface area (Å²) in [5, 5.41) is 16.9. The summed E-state index contributed by atoms with van der Waals surface area (Å²) in [5.74, 6) is 0.898. The zero-order valence-electron chi connectivity index (χ0n) is 41.2. The smallest absolute Gasteiger partial charge is 0.148 e. The van der Waals surface area contributed by atoms with Crippen molar-refractivity contribution in [2.45, 2.75) is 78.6 Å². The number of furan rings is 1. The number of phenolic OH excluding ortho intramolecular Hbond substituents is 1. The van der Waals surface area contributed by atoms with Crippen molar-refractivity contribution >= 4 is 43.7 Å². The second-order valence-corrected chi connectivity index (χ2v) is 21.6. The molecule has 350 valence electrons. The van der Waals surface area contributed by atoms with Crippen molar-refractivity contribution < 1.29 is 30.6 Å². The SMILES string of the molecule is CC(C)(C)c1ccc(-n2c(-c3cc(C(C)(C)C)cc(C(C)(C)C)c3O)nc3c(-c4[c-]c(-c5nccc6oc7ccc8ccccc8c7c56)cc(-c5ccccc5)c4)cccc32)c(-c2ccccc2)c1.[Pt]. The maximum absolute atomic E-state index is 12.6. The fourth-order valence-corrected chi connectivity index (χ4v) is 9.92. The Morgan fingerprint density at radius 2 is 1.19 bits per heavy atom. The maximum atomic E-state index is 12.6. The minimum absolute atomic E-state index is 0. The van der Waals surface area contributed by atoms with Gasteiger partial charge in [-0.1, -0.05) is 194 Å². The third kappa shape index (κ3) is 8.14. The van der Waals surface area contributed by atoms with Crippen molar-refractivity contribution in [2.24, 2.45) is 0 Å². The van der Waals surface area contributed by atoms with Crippen molar-refractivity contribution in [2.75, 3.05) is 0 Å². The number of phenols is 1. The monoisotopic (exact) mass is 1090 g/mol. The van der Waals surface area contributed by atoms with E-state index in [4.69, 9.17) is 14.4 Å². The van der Waals surface area contributed by atoms with Gasteiger partial charge in [0.1, 0.15) is 22.7 Å². The van der Waals surface area contributed by atoms with E-state index < -0.39 is 0 Å².